The molecule has 0 bridgehead atoms. The molecule has 4 nitrogen and oxygen atoms in total. The second kappa shape index (κ2) is 5.47. The standard InChI is InChI=1S/C17H20N2O2/c1-19(2)11-14-12-21-16-8-4-3-7-15(16)17(14,20)13-6-5-9-18-10-13/h3-10,14,20H,11-12H2,1-2H3. The third-order valence-electron chi connectivity index (χ3n) is 4.02. The van der Waals surface area contributed by atoms with Crippen molar-refractivity contribution in [1.29, 1.82) is 0 Å². The Balaban J connectivity index is 2.14. The third kappa shape index (κ3) is 2.41. The SMILES string of the molecule is CN(C)CC1COc2ccccc2C1(O)c1cccnc1. The van der Waals surface area contributed by atoms with Crippen LogP contribution in [-0.2, 0) is 5.60 Å². The smallest absolute Gasteiger partial charge is 0.127 e. The van der Waals surface area contributed by atoms with Crippen LogP contribution in [0.3, 0.4) is 0 Å². The average Bonchev–Trinajstić information content (AvgIpc) is 2.51. The van der Waals surface area contributed by atoms with Crippen molar-refractivity contribution < 1.29 is 9.84 Å². The van der Waals surface area contributed by atoms with Gasteiger partial charge < -0.3 is 14.7 Å². The zero-order valence-corrected chi connectivity index (χ0v) is 12.4. The molecule has 0 spiro atoms. The van der Waals surface area contributed by atoms with Gasteiger partial charge >= 0.3 is 0 Å². The first-order valence-electron chi connectivity index (χ1n) is 7.12. The largest absolute Gasteiger partial charge is 0.493 e. The number of para-hydroxylation sites is 1. The van der Waals surface area contributed by atoms with Crippen LogP contribution < -0.4 is 4.74 Å². The molecule has 2 heterocycles. The maximum Gasteiger partial charge on any atom is 0.127 e. The fourth-order valence-electron chi connectivity index (χ4n) is 3.04. The van der Waals surface area contributed by atoms with Crippen LogP contribution in [0.25, 0.3) is 0 Å². The molecule has 0 fully saturated rings. The quantitative estimate of drug-likeness (QED) is 0.935. The molecule has 0 amide bonds. The fraction of sp³-hybridized carbons (Fsp3) is 0.353. The van der Waals surface area contributed by atoms with Gasteiger partial charge in [0, 0.05) is 36.0 Å². The topological polar surface area (TPSA) is 45.6 Å². The fourth-order valence-corrected chi connectivity index (χ4v) is 3.04. The van der Waals surface area contributed by atoms with Crippen molar-refractivity contribution in [2.45, 2.75) is 5.60 Å². The van der Waals surface area contributed by atoms with E-state index in [1.54, 1.807) is 12.4 Å². The maximum atomic E-state index is 11.6. The summed E-state index contributed by atoms with van der Waals surface area (Å²) in [6.45, 7) is 1.22. The zero-order chi connectivity index (χ0) is 14.9. The molecule has 0 aliphatic carbocycles. The maximum absolute atomic E-state index is 11.6. The first-order chi connectivity index (χ1) is 10.1. The predicted octanol–water partition coefficient (Wildman–Crippen LogP) is 1.89. The molecule has 3 rings (SSSR count). The number of nitrogens with zero attached hydrogens (tertiary/aromatic N) is 2. The van der Waals surface area contributed by atoms with Gasteiger partial charge in [0.1, 0.15) is 11.4 Å². The first-order valence-corrected chi connectivity index (χ1v) is 7.12. The normalized spacial score (nSPS) is 24.5. The number of pyridine rings is 1. The Bertz CT molecular complexity index is 615. The highest BCUT2D eigenvalue weighted by atomic mass is 16.5. The van der Waals surface area contributed by atoms with Crippen molar-refractivity contribution in [2.24, 2.45) is 5.92 Å². The molecule has 1 aromatic heterocycles. The molecular weight excluding hydrogens is 264 g/mol. The van der Waals surface area contributed by atoms with Crippen LogP contribution >= 0.6 is 0 Å². The van der Waals surface area contributed by atoms with E-state index in [1.807, 2.05) is 50.5 Å². The molecule has 2 atom stereocenters. The molecule has 0 radical (unpaired) electrons. The summed E-state index contributed by atoms with van der Waals surface area (Å²) in [5.74, 6) is 0.699. The van der Waals surface area contributed by atoms with Crippen LogP contribution in [0.5, 0.6) is 5.75 Å². The van der Waals surface area contributed by atoms with Crippen LogP contribution in [0.4, 0.5) is 0 Å². The Morgan fingerprint density at radius 3 is 2.81 bits per heavy atom. The minimum absolute atomic E-state index is 0.0494. The summed E-state index contributed by atoms with van der Waals surface area (Å²) in [6, 6.07) is 11.5. The summed E-state index contributed by atoms with van der Waals surface area (Å²) in [6.07, 6.45) is 3.46. The minimum Gasteiger partial charge on any atom is -0.493 e. The predicted molar refractivity (Wildman–Crippen MR) is 81.2 cm³/mol. The Morgan fingerprint density at radius 1 is 1.29 bits per heavy atom. The van der Waals surface area contributed by atoms with Crippen molar-refractivity contribution in [3.63, 3.8) is 0 Å². The van der Waals surface area contributed by atoms with Gasteiger partial charge in [-0.3, -0.25) is 4.98 Å². The molecule has 110 valence electrons. The Kier molecular flexibility index (Phi) is 3.66. The lowest BCUT2D eigenvalue weighted by Crippen LogP contribution is -2.47. The van der Waals surface area contributed by atoms with E-state index < -0.39 is 5.60 Å². The van der Waals surface area contributed by atoms with E-state index in [4.69, 9.17) is 4.74 Å². The van der Waals surface area contributed by atoms with Crippen LogP contribution in [0.15, 0.2) is 48.8 Å². The number of benzene rings is 1. The number of aliphatic hydroxyl groups is 1. The van der Waals surface area contributed by atoms with Crippen LogP contribution in [0, 0.1) is 5.92 Å². The van der Waals surface area contributed by atoms with E-state index in [1.165, 1.54) is 0 Å². The van der Waals surface area contributed by atoms with Crippen LogP contribution in [-0.4, -0.2) is 42.2 Å². The Labute approximate surface area is 125 Å². The summed E-state index contributed by atoms with van der Waals surface area (Å²) >= 11 is 0. The van der Waals surface area contributed by atoms with Crippen LogP contribution in [0.2, 0.25) is 0 Å². The van der Waals surface area contributed by atoms with E-state index in [9.17, 15) is 5.11 Å². The van der Waals surface area contributed by atoms with E-state index in [2.05, 4.69) is 9.88 Å². The van der Waals surface area contributed by atoms with Crippen molar-refractivity contribution in [3.8, 4) is 5.75 Å². The van der Waals surface area contributed by atoms with E-state index in [-0.39, 0.29) is 5.92 Å². The van der Waals surface area contributed by atoms with Gasteiger partial charge in [-0.1, -0.05) is 24.3 Å². The van der Waals surface area contributed by atoms with Crippen molar-refractivity contribution in [2.75, 3.05) is 27.2 Å². The molecule has 1 N–H and O–H groups in total. The molecule has 1 aromatic carbocycles. The lowest BCUT2D eigenvalue weighted by molar-refractivity contribution is -0.0339. The summed E-state index contributed by atoms with van der Waals surface area (Å²) in [7, 11) is 4.01. The molecule has 0 saturated heterocycles. The third-order valence-corrected chi connectivity index (χ3v) is 4.02. The molecule has 2 aromatic rings. The van der Waals surface area contributed by atoms with Crippen molar-refractivity contribution in [1.82, 2.24) is 9.88 Å². The highest BCUT2D eigenvalue weighted by Gasteiger charge is 2.45. The van der Waals surface area contributed by atoms with E-state index in [0.717, 1.165) is 23.4 Å². The molecule has 1 aliphatic rings. The van der Waals surface area contributed by atoms with Gasteiger partial charge in [-0.15, -0.1) is 0 Å². The summed E-state index contributed by atoms with van der Waals surface area (Å²) in [5.41, 5.74) is 0.552. The number of ether oxygens (including phenoxy) is 1. The highest BCUT2D eigenvalue weighted by molar-refractivity contribution is 5.46. The van der Waals surface area contributed by atoms with E-state index >= 15 is 0 Å². The number of rotatable bonds is 3. The van der Waals surface area contributed by atoms with Crippen molar-refractivity contribution in [3.05, 3.63) is 59.9 Å². The molecule has 0 saturated carbocycles. The van der Waals surface area contributed by atoms with Gasteiger partial charge in [0.2, 0.25) is 0 Å². The average molecular weight is 284 g/mol. The monoisotopic (exact) mass is 284 g/mol. The number of hydrogen-bond donors (Lipinski definition) is 1. The summed E-state index contributed by atoms with van der Waals surface area (Å²) < 4.78 is 5.85. The molecular formula is C17H20N2O2. The first kappa shape index (κ1) is 14.0. The summed E-state index contributed by atoms with van der Waals surface area (Å²) in [4.78, 5) is 6.25. The molecule has 1 aliphatic heterocycles. The van der Waals surface area contributed by atoms with Gasteiger partial charge in [-0.05, 0) is 26.2 Å². The highest BCUT2D eigenvalue weighted by Crippen LogP contribution is 2.44. The number of hydrogen-bond acceptors (Lipinski definition) is 4. The molecule has 21 heavy (non-hydrogen) atoms. The second-order valence-corrected chi connectivity index (χ2v) is 5.77. The minimum atomic E-state index is -1.08. The van der Waals surface area contributed by atoms with Gasteiger partial charge in [-0.2, -0.15) is 0 Å². The lowest BCUT2D eigenvalue weighted by Gasteiger charge is -2.42. The Morgan fingerprint density at radius 2 is 2.10 bits per heavy atom. The molecule has 4 heteroatoms. The number of aromatic nitrogens is 1. The lowest BCUT2D eigenvalue weighted by atomic mass is 9.75. The second-order valence-electron chi connectivity index (χ2n) is 5.77. The van der Waals surface area contributed by atoms with Gasteiger partial charge in [-0.25, -0.2) is 0 Å². The van der Waals surface area contributed by atoms with Crippen molar-refractivity contribution >= 4 is 0 Å². The van der Waals surface area contributed by atoms with Gasteiger partial charge in [0.25, 0.3) is 0 Å². The van der Waals surface area contributed by atoms with Crippen LogP contribution in [0.1, 0.15) is 11.1 Å². The van der Waals surface area contributed by atoms with Gasteiger partial charge in [0.05, 0.1) is 6.61 Å². The molecule has 2 unspecified atom stereocenters. The Hall–Kier alpha value is -1.91. The zero-order valence-electron chi connectivity index (χ0n) is 12.4. The summed E-state index contributed by atoms with van der Waals surface area (Å²) in [5, 5.41) is 11.6. The number of fused-ring (bicyclic) bond motifs is 1. The van der Waals surface area contributed by atoms with Gasteiger partial charge in [0.15, 0.2) is 0 Å². The van der Waals surface area contributed by atoms with E-state index in [0.29, 0.717) is 6.61 Å².